The fourth-order valence-corrected chi connectivity index (χ4v) is 2.47. The molecule has 0 fully saturated rings. The molecule has 9 heteroatoms. The molecule has 0 saturated carbocycles. The van der Waals surface area contributed by atoms with Crippen LogP contribution in [0.5, 0.6) is 5.75 Å². The summed E-state index contributed by atoms with van der Waals surface area (Å²) in [5.74, 6) is -0.877. The van der Waals surface area contributed by atoms with Crippen LogP contribution in [0.1, 0.15) is 15.9 Å². The van der Waals surface area contributed by atoms with Gasteiger partial charge in [0.1, 0.15) is 17.4 Å². The summed E-state index contributed by atoms with van der Waals surface area (Å²) >= 11 is 11.8. The van der Waals surface area contributed by atoms with E-state index in [2.05, 4.69) is 9.72 Å². The van der Waals surface area contributed by atoms with Crippen LogP contribution in [-0.2, 0) is 16.0 Å². The third-order valence-electron chi connectivity index (χ3n) is 3.15. The molecule has 0 amide bonds. The highest BCUT2D eigenvalue weighted by molar-refractivity contribution is 6.39. The van der Waals surface area contributed by atoms with E-state index in [4.69, 9.17) is 33.7 Å². The summed E-state index contributed by atoms with van der Waals surface area (Å²) in [4.78, 5) is 27.2. The minimum atomic E-state index is -0.752. The van der Waals surface area contributed by atoms with E-state index in [0.717, 1.165) is 5.56 Å². The molecule has 1 aromatic heterocycles. The minimum absolute atomic E-state index is 0. The maximum atomic E-state index is 12.1. The molecule has 1 aromatic carbocycles. The van der Waals surface area contributed by atoms with Gasteiger partial charge < -0.3 is 15.2 Å². The van der Waals surface area contributed by atoms with Crippen LogP contribution in [0.15, 0.2) is 36.7 Å². The van der Waals surface area contributed by atoms with Crippen molar-refractivity contribution in [2.24, 2.45) is 5.73 Å². The van der Waals surface area contributed by atoms with E-state index in [1.807, 2.05) is 0 Å². The number of carbonyl (C=O) groups is 2. The first kappa shape index (κ1) is 21.2. The first-order valence-electron chi connectivity index (χ1n) is 6.86. The number of nitrogens with two attached hydrogens (primary N) is 1. The Morgan fingerprint density at radius 2 is 1.72 bits per heavy atom. The minimum Gasteiger partial charge on any atom is -0.468 e. The second-order valence-electron chi connectivity index (χ2n) is 4.85. The number of benzene rings is 1. The second kappa shape index (κ2) is 9.58. The summed E-state index contributed by atoms with van der Waals surface area (Å²) in [6, 6.07) is 5.81. The zero-order valence-corrected chi connectivity index (χ0v) is 15.4. The van der Waals surface area contributed by atoms with Crippen molar-refractivity contribution in [2.45, 2.75) is 12.5 Å². The predicted octanol–water partition coefficient (Wildman–Crippen LogP) is 3.07. The molecule has 2 aromatic rings. The van der Waals surface area contributed by atoms with E-state index in [9.17, 15) is 9.59 Å². The van der Waals surface area contributed by atoms with Crippen LogP contribution in [0.25, 0.3) is 0 Å². The summed E-state index contributed by atoms with van der Waals surface area (Å²) in [5, 5.41) is 0.210. The van der Waals surface area contributed by atoms with E-state index in [1.165, 1.54) is 19.5 Å². The van der Waals surface area contributed by atoms with Crippen LogP contribution in [0.2, 0.25) is 10.0 Å². The fraction of sp³-hybridized carbons (Fsp3) is 0.188. The molecule has 2 rings (SSSR count). The van der Waals surface area contributed by atoms with Crippen LogP contribution < -0.4 is 10.5 Å². The predicted molar refractivity (Wildman–Crippen MR) is 96.6 cm³/mol. The second-order valence-corrected chi connectivity index (χ2v) is 5.66. The molecule has 0 unspecified atom stereocenters. The van der Waals surface area contributed by atoms with Crippen molar-refractivity contribution >= 4 is 47.5 Å². The molecule has 25 heavy (non-hydrogen) atoms. The number of pyridine rings is 1. The maximum Gasteiger partial charge on any atom is 0.346 e. The number of carbonyl (C=O) groups excluding carboxylic acids is 2. The van der Waals surface area contributed by atoms with Gasteiger partial charge in [0.15, 0.2) is 0 Å². The number of hydrogen-bond donors (Lipinski definition) is 1. The Morgan fingerprint density at radius 1 is 1.16 bits per heavy atom. The molecule has 0 aliphatic carbocycles. The van der Waals surface area contributed by atoms with Gasteiger partial charge in [0.05, 0.1) is 17.2 Å². The van der Waals surface area contributed by atoms with Crippen LogP contribution in [0.3, 0.4) is 0 Å². The Kier molecular flexibility index (Phi) is 8.12. The maximum absolute atomic E-state index is 12.1. The summed E-state index contributed by atoms with van der Waals surface area (Å²) in [5.41, 5.74) is 6.54. The van der Waals surface area contributed by atoms with Gasteiger partial charge in [-0.05, 0) is 24.1 Å². The zero-order valence-electron chi connectivity index (χ0n) is 13.1. The van der Waals surface area contributed by atoms with Gasteiger partial charge in [-0.1, -0.05) is 35.3 Å². The lowest BCUT2D eigenvalue weighted by molar-refractivity contribution is -0.142. The zero-order chi connectivity index (χ0) is 17.7. The number of halogens is 3. The summed E-state index contributed by atoms with van der Waals surface area (Å²) in [6.45, 7) is 0. The van der Waals surface area contributed by atoms with Crippen LogP contribution in [-0.4, -0.2) is 30.1 Å². The van der Waals surface area contributed by atoms with Gasteiger partial charge >= 0.3 is 11.9 Å². The SMILES string of the molecule is COC(=O)[C@@H](N)Cc1ccc(OC(=O)c2c(Cl)cncc2Cl)cc1.Cl. The number of esters is 2. The van der Waals surface area contributed by atoms with Gasteiger partial charge in [-0.2, -0.15) is 0 Å². The Hall–Kier alpha value is -1.86. The molecular formula is C16H15Cl3N2O4. The van der Waals surface area contributed by atoms with Gasteiger partial charge in [-0.25, -0.2) is 4.79 Å². The molecular weight excluding hydrogens is 391 g/mol. The summed E-state index contributed by atoms with van der Waals surface area (Å²) in [6.07, 6.45) is 2.92. The standard InChI is InChI=1S/C16H14Cl2N2O4.ClH/c1-23-15(21)13(19)6-9-2-4-10(5-3-9)24-16(22)14-11(17)7-20-8-12(14)18;/h2-5,7-8,13H,6,19H2,1H3;1H/t13-;/m0./s1. The Labute approximate surface area is 160 Å². The van der Waals surface area contributed by atoms with Crippen LogP contribution in [0.4, 0.5) is 0 Å². The summed E-state index contributed by atoms with van der Waals surface area (Å²) < 4.78 is 9.80. The van der Waals surface area contributed by atoms with E-state index < -0.39 is 18.0 Å². The number of hydrogen-bond acceptors (Lipinski definition) is 6. The molecule has 0 aliphatic heterocycles. The topological polar surface area (TPSA) is 91.5 Å². The van der Waals surface area contributed by atoms with Crippen LogP contribution >= 0.6 is 35.6 Å². The number of rotatable bonds is 5. The monoisotopic (exact) mass is 404 g/mol. The summed E-state index contributed by atoms with van der Waals surface area (Å²) in [7, 11) is 1.28. The largest absolute Gasteiger partial charge is 0.468 e. The van der Waals surface area contributed by atoms with Crippen molar-refractivity contribution in [1.82, 2.24) is 4.98 Å². The normalized spacial score (nSPS) is 11.2. The van der Waals surface area contributed by atoms with Crippen molar-refractivity contribution in [3.63, 3.8) is 0 Å². The van der Waals surface area contributed by atoms with Gasteiger partial charge in [0.2, 0.25) is 0 Å². The van der Waals surface area contributed by atoms with Crippen LogP contribution in [0, 0.1) is 0 Å². The first-order chi connectivity index (χ1) is 11.4. The molecule has 2 N–H and O–H groups in total. The van der Waals surface area contributed by atoms with Gasteiger partial charge in [0, 0.05) is 12.4 Å². The Morgan fingerprint density at radius 3 is 2.24 bits per heavy atom. The number of aromatic nitrogens is 1. The molecule has 0 saturated heterocycles. The fourth-order valence-electron chi connectivity index (χ4n) is 1.95. The highest BCUT2D eigenvalue weighted by Crippen LogP contribution is 2.25. The quantitative estimate of drug-likeness (QED) is 0.607. The molecule has 6 nitrogen and oxygen atoms in total. The van der Waals surface area contributed by atoms with Gasteiger partial charge in [-0.15, -0.1) is 12.4 Å². The first-order valence-corrected chi connectivity index (χ1v) is 7.61. The van der Waals surface area contributed by atoms with Crippen molar-refractivity contribution in [3.8, 4) is 5.75 Å². The Balaban J connectivity index is 0.00000312. The molecule has 1 heterocycles. The molecule has 0 spiro atoms. The molecule has 1 atom stereocenters. The molecule has 134 valence electrons. The van der Waals surface area contributed by atoms with Crippen molar-refractivity contribution in [3.05, 3.63) is 57.8 Å². The number of methoxy groups -OCH3 is 1. The third kappa shape index (κ3) is 5.57. The molecule has 0 bridgehead atoms. The number of nitrogens with zero attached hydrogens (tertiary/aromatic N) is 1. The lowest BCUT2D eigenvalue weighted by Crippen LogP contribution is -2.33. The average Bonchev–Trinajstić information content (AvgIpc) is 2.55. The molecule has 0 radical (unpaired) electrons. The van der Waals surface area contributed by atoms with E-state index in [1.54, 1.807) is 24.3 Å². The van der Waals surface area contributed by atoms with Crippen molar-refractivity contribution in [1.29, 1.82) is 0 Å². The smallest absolute Gasteiger partial charge is 0.346 e. The average molecular weight is 406 g/mol. The Bertz CT molecular complexity index is 733. The van der Waals surface area contributed by atoms with E-state index in [-0.39, 0.29) is 28.0 Å². The number of ether oxygens (including phenoxy) is 2. The van der Waals surface area contributed by atoms with E-state index >= 15 is 0 Å². The van der Waals surface area contributed by atoms with Gasteiger partial charge in [0.25, 0.3) is 0 Å². The van der Waals surface area contributed by atoms with E-state index in [0.29, 0.717) is 12.2 Å². The lowest BCUT2D eigenvalue weighted by Gasteiger charge is -2.10. The highest BCUT2D eigenvalue weighted by atomic mass is 35.5. The molecule has 0 aliphatic rings. The third-order valence-corrected chi connectivity index (χ3v) is 3.72. The van der Waals surface area contributed by atoms with Crippen molar-refractivity contribution < 1.29 is 19.1 Å². The van der Waals surface area contributed by atoms with Gasteiger partial charge in [-0.3, -0.25) is 9.78 Å². The lowest BCUT2D eigenvalue weighted by atomic mass is 10.1. The van der Waals surface area contributed by atoms with Crippen molar-refractivity contribution in [2.75, 3.05) is 7.11 Å². The highest BCUT2D eigenvalue weighted by Gasteiger charge is 2.18.